The molecule has 2 fully saturated rings. The third-order valence-corrected chi connectivity index (χ3v) is 8.31. The Labute approximate surface area is 231 Å². The molecule has 1 unspecified atom stereocenters. The number of ether oxygens (including phenoxy) is 2. The lowest BCUT2D eigenvalue weighted by molar-refractivity contribution is -0.137. The summed E-state index contributed by atoms with van der Waals surface area (Å²) in [5, 5.41) is 9.88. The smallest absolute Gasteiger partial charge is 0.326 e. The molecule has 2 saturated heterocycles. The van der Waals surface area contributed by atoms with Crippen molar-refractivity contribution in [2.45, 2.75) is 25.4 Å². The average molecular weight is 548 g/mol. The van der Waals surface area contributed by atoms with E-state index in [2.05, 4.69) is 9.47 Å². The van der Waals surface area contributed by atoms with Crippen LogP contribution in [-0.4, -0.2) is 95.4 Å². The number of imide groups is 1. The van der Waals surface area contributed by atoms with Gasteiger partial charge in [0, 0.05) is 61.9 Å². The van der Waals surface area contributed by atoms with Crippen molar-refractivity contribution < 1.29 is 29.1 Å². The number of hydroxylamine groups is 1. The van der Waals surface area contributed by atoms with Crippen LogP contribution in [-0.2, 0) is 28.0 Å². The van der Waals surface area contributed by atoms with Gasteiger partial charge in [0.15, 0.2) is 0 Å². The van der Waals surface area contributed by atoms with Crippen LogP contribution >= 0.6 is 0 Å². The molecule has 3 aliphatic rings. The zero-order valence-corrected chi connectivity index (χ0v) is 22.7. The van der Waals surface area contributed by atoms with E-state index in [9.17, 15) is 14.4 Å². The van der Waals surface area contributed by atoms with Crippen molar-refractivity contribution in [1.82, 2.24) is 24.7 Å². The molecule has 1 atom stereocenters. The number of rotatable bonds is 7. The summed E-state index contributed by atoms with van der Waals surface area (Å²) in [4.78, 5) is 43.6. The van der Waals surface area contributed by atoms with Gasteiger partial charge in [-0.3, -0.25) is 24.6 Å². The fraction of sp³-hybridized carbons (Fsp3) is 0.414. The predicted octanol–water partition coefficient (Wildman–Crippen LogP) is 2.18. The van der Waals surface area contributed by atoms with Crippen LogP contribution in [0.25, 0.3) is 10.9 Å². The molecule has 2 bridgehead atoms. The number of nitrogens with zero attached hydrogens (tertiary/aromatic N) is 4. The second-order valence-corrected chi connectivity index (χ2v) is 10.9. The Hall–Kier alpha value is -3.93. The van der Waals surface area contributed by atoms with Crippen molar-refractivity contribution in [2.24, 2.45) is 0 Å². The van der Waals surface area contributed by atoms with Crippen molar-refractivity contribution in [3.63, 3.8) is 0 Å². The van der Waals surface area contributed by atoms with Gasteiger partial charge in [-0.25, -0.2) is 10.3 Å². The molecular formula is C29H33N5O6. The predicted molar refractivity (Wildman–Crippen MR) is 145 cm³/mol. The Balaban J connectivity index is 1.39. The number of nitrogens with one attached hydrogen (secondary N) is 1. The molecule has 6 rings (SSSR count). The Morgan fingerprint density at radius 1 is 1.12 bits per heavy atom. The van der Waals surface area contributed by atoms with Gasteiger partial charge >= 0.3 is 6.03 Å². The molecule has 4 amide bonds. The van der Waals surface area contributed by atoms with Gasteiger partial charge in [-0.2, -0.15) is 0 Å². The summed E-state index contributed by atoms with van der Waals surface area (Å²) in [6.45, 7) is 7.73. The quantitative estimate of drug-likeness (QED) is 0.344. The average Bonchev–Trinajstić information content (AvgIpc) is 3.28. The maximum Gasteiger partial charge on any atom is 0.326 e. The van der Waals surface area contributed by atoms with Crippen LogP contribution in [0.1, 0.15) is 34.1 Å². The Morgan fingerprint density at radius 3 is 2.60 bits per heavy atom. The molecule has 0 aliphatic carbocycles. The van der Waals surface area contributed by atoms with E-state index in [1.54, 1.807) is 29.6 Å². The zero-order valence-electron chi connectivity index (χ0n) is 22.7. The number of carbonyl (C=O) groups excluding carboxylic acids is 3. The largest absolute Gasteiger partial charge is 0.492 e. The minimum atomic E-state index is -0.894. The monoisotopic (exact) mass is 547 g/mol. The lowest BCUT2D eigenvalue weighted by Gasteiger charge is -2.47. The molecule has 2 N–H and O–H groups in total. The van der Waals surface area contributed by atoms with Crippen LogP contribution in [0.4, 0.5) is 4.79 Å². The lowest BCUT2D eigenvalue weighted by Crippen LogP contribution is -2.63. The number of likely N-dealkylation sites (N-methyl/N-ethyl adjacent to an activating group) is 1. The van der Waals surface area contributed by atoms with Crippen molar-refractivity contribution in [1.29, 1.82) is 0 Å². The second kappa shape index (κ2) is 10.2. The molecule has 2 aromatic carbocycles. The second-order valence-electron chi connectivity index (χ2n) is 10.9. The summed E-state index contributed by atoms with van der Waals surface area (Å²) in [6.07, 6.45) is 0. The first-order valence-electron chi connectivity index (χ1n) is 13.5. The zero-order chi connectivity index (χ0) is 28.0. The van der Waals surface area contributed by atoms with Gasteiger partial charge in [-0.05, 0) is 48.4 Å². The highest BCUT2D eigenvalue weighted by atomic mass is 16.5. The van der Waals surface area contributed by atoms with Gasteiger partial charge in [0.25, 0.3) is 5.91 Å². The third-order valence-electron chi connectivity index (χ3n) is 8.31. The molecule has 0 spiro atoms. The van der Waals surface area contributed by atoms with Crippen LogP contribution in [0.2, 0.25) is 0 Å². The normalized spacial score (nSPS) is 21.1. The minimum absolute atomic E-state index is 0.216. The van der Waals surface area contributed by atoms with E-state index in [-0.39, 0.29) is 11.9 Å². The molecular weight excluding hydrogens is 514 g/mol. The summed E-state index contributed by atoms with van der Waals surface area (Å²) in [7, 11) is 1.55. The number of hydrogen-bond donors (Lipinski definition) is 2. The minimum Gasteiger partial charge on any atom is -0.492 e. The van der Waals surface area contributed by atoms with Crippen LogP contribution in [0.3, 0.4) is 0 Å². The highest BCUT2D eigenvalue weighted by Gasteiger charge is 2.53. The van der Waals surface area contributed by atoms with Gasteiger partial charge in [-0.1, -0.05) is 12.1 Å². The first-order chi connectivity index (χ1) is 19.3. The summed E-state index contributed by atoms with van der Waals surface area (Å²) in [5.41, 5.74) is 4.83. The van der Waals surface area contributed by atoms with Crippen LogP contribution < -0.4 is 10.2 Å². The van der Waals surface area contributed by atoms with Gasteiger partial charge in [0.05, 0.1) is 25.2 Å². The number of hydrogen-bond acceptors (Lipinski definition) is 7. The van der Waals surface area contributed by atoms with Gasteiger partial charge in [0.2, 0.25) is 5.91 Å². The van der Waals surface area contributed by atoms with Crippen LogP contribution in [0, 0.1) is 0 Å². The van der Waals surface area contributed by atoms with Crippen molar-refractivity contribution in [2.75, 3.05) is 53.0 Å². The van der Waals surface area contributed by atoms with E-state index in [4.69, 9.17) is 14.7 Å². The molecule has 3 aliphatic heterocycles. The van der Waals surface area contributed by atoms with E-state index in [0.717, 1.165) is 66.3 Å². The van der Waals surface area contributed by atoms with Crippen molar-refractivity contribution >= 4 is 28.7 Å². The van der Waals surface area contributed by atoms with Crippen LogP contribution in [0.15, 0.2) is 42.5 Å². The molecule has 1 aromatic heterocycles. The molecule has 40 heavy (non-hydrogen) atoms. The van der Waals surface area contributed by atoms with E-state index in [0.29, 0.717) is 31.8 Å². The fourth-order valence-electron chi connectivity index (χ4n) is 6.24. The number of carbonyl (C=O) groups is 3. The standard InChI is InChI=1S/C29H33N5O6/c1-29-18-33(28(37)31(2)27(29)36)17-24-25(29)22-15-21(40-14-11-32-9-12-39-13-10-32)7-8-23(22)34(24)16-19-3-5-20(6-4-19)26(35)30-38/h3-8,15,38H,9-14,16-18H2,1-2H3,(H,30,35). The first kappa shape index (κ1) is 26.3. The third kappa shape index (κ3) is 4.40. The highest BCUT2D eigenvalue weighted by molar-refractivity contribution is 6.06. The Bertz CT molecular complexity index is 1480. The molecule has 0 saturated carbocycles. The summed E-state index contributed by atoms with van der Waals surface area (Å²) < 4.78 is 13.8. The molecule has 3 aromatic rings. The Kier molecular flexibility index (Phi) is 6.73. The SMILES string of the molecule is CN1C(=O)N2Cc3c(c4cc(OCCN5CCOCC5)ccc4n3Cc3ccc(C(=O)NO)cc3)C(C)(C2)C1=O. The van der Waals surface area contributed by atoms with E-state index in [1.165, 1.54) is 4.90 Å². The number of urea groups is 1. The van der Waals surface area contributed by atoms with Crippen molar-refractivity contribution in [3.05, 3.63) is 64.8 Å². The van der Waals surface area contributed by atoms with Gasteiger partial charge < -0.3 is 18.9 Å². The maximum atomic E-state index is 13.6. The number of benzene rings is 2. The van der Waals surface area contributed by atoms with E-state index >= 15 is 0 Å². The molecule has 210 valence electrons. The number of amides is 4. The first-order valence-corrected chi connectivity index (χ1v) is 13.5. The lowest BCUT2D eigenvalue weighted by atomic mass is 9.75. The Morgan fingerprint density at radius 2 is 1.88 bits per heavy atom. The van der Waals surface area contributed by atoms with Crippen LogP contribution in [0.5, 0.6) is 5.75 Å². The van der Waals surface area contributed by atoms with E-state index in [1.807, 2.05) is 37.3 Å². The summed E-state index contributed by atoms with van der Waals surface area (Å²) >= 11 is 0. The fourth-order valence-corrected chi connectivity index (χ4v) is 6.24. The number of aromatic nitrogens is 1. The molecule has 11 heteroatoms. The van der Waals surface area contributed by atoms with E-state index < -0.39 is 11.3 Å². The van der Waals surface area contributed by atoms with Gasteiger partial charge in [0.1, 0.15) is 12.4 Å². The molecule has 11 nitrogen and oxygen atoms in total. The molecule has 0 radical (unpaired) electrons. The maximum absolute atomic E-state index is 13.6. The summed E-state index contributed by atoms with van der Waals surface area (Å²) in [5.74, 6) is -0.0586. The summed E-state index contributed by atoms with van der Waals surface area (Å²) in [6, 6.07) is 12.7. The van der Waals surface area contributed by atoms with Crippen molar-refractivity contribution in [3.8, 4) is 5.75 Å². The number of morpholine rings is 1. The number of fused-ring (bicyclic) bond motifs is 6. The topological polar surface area (TPSA) is 117 Å². The molecule has 4 heterocycles. The van der Waals surface area contributed by atoms with Gasteiger partial charge in [-0.15, -0.1) is 0 Å². The highest BCUT2D eigenvalue weighted by Crippen LogP contribution is 2.45.